The fraction of sp³-hybridized carbons (Fsp3) is 0.259. The van der Waals surface area contributed by atoms with E-state index in [-0.39, 0.29) is 17.7 Å². The number of H-pyrrole nitrogens is 1. The highest BCUT2D eigenvalue weighted by Crippen LogP contribution is 2.53. The summed E-state index contributed by atoms with van der Waals surface area (Å²) in [5, 5.41) is 0.309. The molecule has 4 aromatic rings. The smallest absolute Gasteiger partial charge is 0.232 e. The van der Waals surface area contributed by atoms with Crippen LogP contribution < -0.4 is 4.72 Å². The molecule has 5 rings (SSSR count). The molecule has 9 nitrogen and oxygen atoms in total. The summed E-state index contributed by atoms with van der Waals surface area (Å²) >= 11 is 0. The van der Waals surface area contributed by atoms with Crippen molar-refractivity contribution in [2.24, 2.45) is 0 Å². The van der Waals surface area contributed by atoms with Crippen molar-refractivity contribution < 1.29 is 31.1 Å². The number of halogens is 2. The molecule has 1 aliphatic heterocycles. The zero-order valence-electron chi connectivity index (χ0n) is 21.5. The van der Waals surface area contributed by atoms with Gasteiger partial charge in [0.2, 0.25) is 15.8 Å². The van der Waals surface area contributed by atoms with Gasteiger partial charge in [-0.1, -0.05) is 19.1 Å². The van der Waals surface area contributed by atoms with Crippen LogP contribution in [-0.4, -0.2) is 56.4 Å². The number of aromatic amines is 1. The second kappa shape index (κ2) is 10.9. The van der Waals surface area contributed by atoms with E-state index in [4.69, 9.17) is 0 Å². The van der Waals surface area contributed by atoms with Crippen LogP contribution in [0.5, 0.6) is 0 Å². The van der Waals surface area contributed by atoms with Crippen molar-refractivity contribution in [3.63, 3.8) is 0 Å². The number of hydrogen-bond acceptors (Lipinski definition) is 7. The van der Waals surface area contributed by atoms with Gasteiger partial charge in [0, 0.05) is 42.0 Å². The van der Waals surface area contributed by atoms with Crippen molar-refractivity contribution in [2.45, 2.75) is 31.1 Å². The SMILES string of the molecule is CCCS(=O)(=O)Nc1ccc(F)c(C(=O)c2c[nH]c3ncc(-c4ccc(S(O)(O)N5CCCC5)cc4)cc23)c1F. The van der Waals surface area contributed by atoms with Gasteiger partial charge in [0.15, 0.2) is 5.82 Å². The Bertz CT molecular complexity index is 1690. The fourth-order valence-corrected chi connectivity index (χ4v) is 7.43. The number of nitrogens with zero attached hydrogens (tertiary/aromatic N) is 2. The Balaban J connectivity index is 1.48. The molecule has 212 valence electrons. The van der Waals surface area contributed by atoms with E-state index in [1.54, 1.807) is 47.8 Å². The highest BCUT2D eigenvalue weighted by atomic mass is 32.3. The summed E-state index contributed by atoms with van der Waals surface area (Å²) in [5.41, 5.74) is 0.130. The maximum absolute atomic E-state index is 15.3. The Hall–Kier alpha value is -3.36. The number of aromatic nitrogens is 2. The van der Waals surface area contributed by atoms with Crippen molar-refractivity contribution in [3.05, 3.63) is 77.6 Å². The van der Waals surface area contributed by atoms with E-state index in [9.17, 15) is 26.7 Å². The highest BCUT2D eigenvalue weighted by Gasteiger charge is 2.28. The van der Waals surface area contributed by atoms with Gasteiger partial charge in [-0.2, -0.15) is 0 Å². The number of anilines is 1. The first kappa shape index (κ1) is 28.2. The van der Waals surface area contributed by atoms with Crippen molar-refractivity contribution in [1.29, 1.82) is 0 Å². The molecule has 2 aromatic carbocycles. The fourth-order valence-electron chi connectivity index (χ4n) is 4.73. The summed E-state index contributed by atoms with van der Waals surface area (Å²) in [6.45, 7) is 2.87. The van der Waals surface area contributed by atoms with Gasteiger partial charge in [-0.3, -0.25) is 18.6 Å². The zero-order chi connectivity index (χ0) is 28.7. The van der Waals surface area contributed by atoms with Crippen LogP contribution in [0.4, 0.5) is 14.5 Å². The van der Waals surface area contributed by atoms with E-state index >= 15 is 4.39 Å². The lowest BCUT2D eigenvalue weighted by Gasteiger charge is -2.40. The minimum Gasteiger partial charge on any atom is -0.345 e. The van der Waals surface area contributed by atoms with E-state index in [0.717, 1.165) is 25.0 Å². The zero-order valence-corrected chi connectivity index (χ0v) is 23.2. The number of ketones is 1. The number of carbonyl (C=O) groups excluding carboxylic acids is 1. The third kappa shape index (κ3) is 5.34. The van der Waals surface area contributed by atoms with Gasteiger partial charge in [0.1, 0.15) is 11.5 Å². The molecule has 0 amide bonds. The summed E-state index contributed by atoms with van der Waals surface area (Å²) in [4.78, 5) is 20.9. The third-order valence-corrected chi connectivity index (χ3v) is 10.2. The molecular formula is C27H28F2N4O5S2. The maximum Gasteiger partial charge on any atom is 0.232 e. The molecular weight excluding hydrogens is 562 g/mol. The van der Waals surface area contributed by atoms with Crippen molar-refractivity contribution in [1.82, 2.24) is 14.3 Å². The van der Waals surface area contributed by atoms with E-state index in [1.165, 1.54) is 6.20 Å². The minimum atomic E-state index is -3.88. The molecule has 0 saturated carbocycles. The molecule has 1 aliphatic rings. The topological polar surface area (TPSA) is 136 Å². The largest absolute Gasteiger partial charge is 0.345 e. The molecule has 1 fully saturated rings. The van der Waals surface area contributed by atoms with Gasteiger partial charge in [0.05, 0.1) is 21.9 Å². The molecule has 40 heavy (non-hydrogen) atoms. The van der Waals surface area contributed by atoms with Gasteiger partial charge >= 0.3 is 0 Å². The van der Waals surface area contributed by atoms with Crippen LogP contribution in [0.15, 0.2) is 59.8 Å². The molecule has 3 heterocycles. The minimum absolute atomic E-state index is 0.0458. The third-order valence-electron chi connectivity index (χ3n) is 6.76. The molecule has 2 aromatic heterocycles. The molecule has 0 radical (unpaired) electrons. The predicted molar refractivity (Wildman–Crippen MR) is 151 cm³/mol. The van der Waals surface area contributed by atoms with Crippen LogP contribution in [0.2, 0.25) is 0 Å². The van der Waals surface area contributed by atoms with Crippen molar-refractivity contribution in [2.75, 3.05) is 23.6 Å². The second-order valence-electron chi connectivity index (χ2n) is 9.54. The molecule has 4 N–H and O–H groups in total. The van der Waals surface area contributed by atoms with Gasteiger partial charge in [-0.15, -0.1) is 10.8 Å². The summed E-state index contributed by atoms with van der Waals surface area (Å²) in [5.74, 6) is -3.68. The van der Waals surface area contributed by atoms with Crippen molar-refractivity contribution in [3.8, 4) is 11.1 Å². The average molecular weight is 591 g/mol. The van der Waals surface area contributed by atoms with E-state index in [1.807, 2.05) is 0 Å². The summed E-state index contributed by atoms with van der Waals surface area (Å²) < 4.78 is 79.5. The number of benzene rings is 2. The quantitative estimate of drug-likeness (QED) is 0.175. The van der Waals surface area contributed by atoms with Crippen LogP contribution in [0, 0.1) is 11.6 Å². The normalized spacial score (nSPS) is 15.0. The van der Waals surface area contributed by atoms with Gasteiger partial charge in [-0.05, 0) is 55.2 Å². The van der Waals surface area contributed by atoms with E-state index in [2.05, 4.69) is 14.7 Å². The standard InChI is InChI=1S/C27H28F2N4O5S2/c1-2-13-39(35,36)32-23-10-9-22(28)24(25(23)29)26(34)21-16-31-27-20(21)14-18(15-30-27)17-5-7-19(8-6-17)40(37,38)33-11-3-4-12-33/h5-10,14-16,32,37-38H,2-4,11-13H2,1H3,(H,30,31). The number of rotatable bonds is 9. The lowest BCUT2D eigenvalue weighted by molar-refractivity contribution is 0.103. The molecule has 0 atom stereocenters. The Morgan fingerprint density at radius 1 is 1.07 bits per heavy atom. The molecule has 1 saturated heterocycles. The van der Waals surface area contributed by atoms with Gasteiger partial charge in [-0.25, -0.2) is 26.5 Å². The molecule has 0 aliphatic carbocycles. The molecule has 0 spiro atoms. The number of hydrogen-bond donors (Lipinski definition) is 4. The van der Waals surface area contributed by atoms with E-state index in [0.29, 0.717) is 40.1 Å². The van der Waals surface area contributed by atoms with Crippen LogP contribution in [0.25, 0.3) is 22.2 Å². The Morgan fingerprint density at radius 2 is 1.77 bits per heavy atom. The summed E-state index contributed by atoms with van der Waals surface area (Å²) in [7, 11) is -6.96. The van der Waals surface area contributed by atoms with Crippen LogP contribution in [-0.2, 0) is 10.0 Å². The Kier molecular flexibility index (Phi) is 7.68. The first-order valence-corrected chi connectivity index (χ1v) is 15.8. The molecule has 13 heteroatoms. The predicted octanol–water partition coefficient (Wildman–Crippen LogP) is 6.01. The van der Waals surface area contributed by atoms with Crippen LogP contribution >= 0.6 is 10.8 Å². The summed E-state index contributed by atoms with van der Waals surface area (Å²) in [6.07, 6.45) is 4.96. The Labute approximate surface area is 231 Å². The van der Waals surface area contributed by atoms with Gasteiger partial charge < -0.3 is 4.98 Å². The molecule has 0 bridgehead atoms. The monoisotopic (exact) mass is 590 g/mol. The van der Waals surface area contributed by atoms with Crippen LogP contribution in [0.1, 0.15) is 42.1 Å². The number of carbonyl (C=O) groups is 1. The first-order chi connectivity index (χ1) is 19.0. The Morgan fingerprint density at radius 3 is 2.45 bits per heavy atom. The lowest BCUT2D eigenvalue weighted by atomic mass is 10.00. The number of nitrogens with one attached hydrogen (secondary N) is 2. The second-order valence-corrected chi connectivity index (χ2v) is 13.4. The number of pyridine rings is 1. The van der Waals surface area contributed by atoms with Gasteiger partial charge in [0.25, 0.3) is 0 Å². The van der Waals surface area contributed by atoms with E-state index < -0.39 is 49.5 Å². The molecule has 0 unspecified atom stereocenters. The average Bonchev–Trinajstić information content (AvgIpc) is 3.61. The lowest BCUT2D eigenvalue weighted by Crippen LogP contribution is -2.24. The highest BCUT2D eigenvalue weighted by molar-refractivity contribution is 8.22. The first-order valence-electron chi connectivity index (χ1n) is 12.7. The maximum atomic E-state index is 15.3. The summed E-state index contributed by atoms with van der Waals surface area (Å²) in [6, 6.07) is 10.1. The van der Waals surface area contributed by atoms with Crippen LogP contribution in [0.3, 0.4) is 0 Å². The van der Waals surface area contributed by atoms with Crippen molar-refractivity contribution >= 4 is 43.3 Å². The number of sulfonamides is 1. The number of fused-ring (bicyclic) bond motifs is 1.